The van der Waals surface area contributed by atoms with E-state index in [0.717, 1.165) is 0 Å². The van der Waals surface area contributed by atoms with Crippen LogP contribution < -0.4 is 5.19 Å². The Morgan fingerprint density at radius 2 is 1.64 bits per heavy atom. The molecule has 0 fully saturated rings. The van der Waals surface area contributed by atoms with Crippen molar-refractivity contribution in [1.29, 1.82) is 0 Å². The van der Waals surface area contributed by atoms with Gasteiger partial charge in [-0.1, -0.05) is 37.8 Å². The summed E-state index contributed by atoms with van der Waals surface area (Å²) in [6.07, 6.45) is 0. The minimum atomic E-state index is -1.09. The van der Waals surface area contributed by atoms with Gasteiger partial charge in [-0.15, -0.1) is 0 Å². The number of benzene rings is 1. The van der Waals surface area contributed by atoms with Gasteiger partial charge in [0.1, 0.15) is 0 Å². The maximum atomic E-state index is 2.42. The van der Waals surface area contributed by atoms with Gasteiger partial charge in [0.05, 0.1) is 8.07 Å². The molecule has 0 aromatic heterocycles. The highest BCUT2D eigenvalue weighted by Crippen LogP contribution is 2.08. The quantitative estimate of drug-likeness (QED) is 0.546. The van der Waals surface area contributed by atoms with Gasteiger partial charge in [0.25, 0.3) is 0 Å². The lowest BCUT2D eigenvalue weighted by Crippen LogP contribution is -2.39. The molecule has 0 saturated heterocycles. The molecule has 0 radical (unpaired) electrons. The largest absolute Gasteiger partial charge is 0.0789 e. The van der Waals surface area contributed by atoms with Crippen LogP contribution in [-0.2, 0) is 0 Å². The Hall–Kier alpha value is 0.167. The van der Waals surface area contributed by atoms with Crippen LogP contribution in [0.5, 0.6) is 0 Å². The molecule has 1 aromatic carbocycles. The number of hydrogen-bond donors (Lipinski definition) is 0. The fourth-order valence-electron chi connectivity index (χ4n) is 1.07. The predicted octanol–water partition coefficient (Wildman–Crippen LogP) is 2.84. The summed E-state index contributed by atoms with van der Waals surface area (Å²) in [4.78, 5) is 0. The molecule has 0 N–H and O–H groups in total. The second-order valence-electron chi connectivity index (χ2n) is 3.73. The lowest BCUT2D eigenvalue weighted by molar-refractivity contribution is 1.64. The zero-order valence-electron chi connectivity index (χ0n) is 7.19. The smallest absolute Gasteiger partial charge is 0.0656 e. The van der Waals surface area contributed by atoms with Gasteiger partial charge in [-0.3, -0.25) is 0 Å². The van der Waals surface area contributed by atoms with E-state index in [0.29, 0.717) is 0 Å². The van der Waals surface area contributed by atoms with E-state index in [1.54, 1.807) is 5.19 Å². The Labute approximate surface area is 83.2 Å². The number of rotatable bonds is 1. The Kier molecular flexibility index (Phi) is 2.75. The van der Waals surface area contributed by atoms with Gasteiger partial charge in [0, 0.05) is 3.57 Å². The van der Waals surface area contributed by atoms with Crippen molar-refractivity contribution >= 4 is 35.9 Å². The number of halogens is 1. The van der Waals surface area contributed by atoms with Crippen LogP contribution in [0.3, 0.4) is 0 Å². The minimum absolute atomic E-state index is 1.09. The van der Waals surface area contributed by atoms with E-state index in [1.807, 2.05) is 0 Å². The van der Waals surface area contributed by atoms with Crippen molar-refractivity contribution in [3.63, 3.8) is 0 Å². The fourth-order valence-corrected chi connectivity index (χ4v) is 5.28. The zero-order chi connectivity index (χ0) is 8.48. The molecule has 0 spiro atoms. The van der Waals surface area contributed by atoms with Crippen LogP contribution in [0, 0.1) is 3.57 Å². The van der Waals surface area contributed by atoms with E-state index >= 15 is 0 Å². The molecule has 0 bridgehead atoms. The van der Waals surface area contributed by atoms with Gasteiger partial charge in [-0.2, -0.15) is 0 Å². The van der Waals surface area contributed by atoms with Crippen molar-refractivity contribution in [1.82, 2.24) is 0 Å². The molecule has 0 aliphatic rings. The second-order valence-corrected chi connectivity index (χ2v) is 9.93. The highest BCUT2D eigenvalue weighted by Gasteiger charge is 2.17. The summed E-state index contributed by atoms with van der Waals surface area (Å²) in [5.74, 6) is 0. The van der Waals surface area contributed by atoms with Gasteiger partial charge < -0.3 is 0 Å². The molecule has 0 amide bonds. The van der Waals surface area contributed by atoms with Gasteiger partial charge in [0.15, 0.2) is 0 Å². The van der Waals surface area contributed by atoms with Gasteiger partial charge in [0.2, 0.25) is 0 Å². The first kappa shape index (κ1) is 9.26. The average molecular weight is 276 g/mol. The molecule has 60 valence electrons. The average Bonchev–Trinajstić information content (AvgIpc) is 1.86. The van der Waals surface area contributed by atoms with Crippen molar-refractivity contribution in [2.75, 3.05) is 0 Å². The Bertz CT molecular complexity index is 250. The van der Waals surface area contributed by atoms with E-state index < -0.39 is 8.07 Å². The molecule has 2 heteroatoms. The van der Waals surface area contributed by atoms with Crippen molar-refractivity contribution in [3.8, 4) is 0 Å². The molecule has 1 aromatic rings. The summed E-state index contributed by atoms with van der Waals surface area (Å²) >= 11 is 2.42. The molecule has 0 aliphatic heterocycles. The third-order valence-electron chi connectivity index (χ3n) is 1.68. The molecule has 11 heavy (non-hydrogen) atoms. The van der Waals surface area contributed by atoms with Crippen molar-refractivity contribution in [2.24, 2.45) is 0 Å². The van der Waals surface area contributed by atoms with Gasteiger partial charge >= 0.3 is 0 Å². The lowest BCUT2D eigenvalue weighted by Gasteiger charge is -2.17. The van der Waals surface area contributed by atoms with Crippen molar-refractivity contribution in [2.45, 2.75) is 19.6 Å². The van der Waals surface area contributed by atoms with Crippen molar-refractivity contribution in [3.05, 3.63) is 27.8 Å². The van der Waals surface area contributed by atoms with Crippen LogP contribution in [0.25, 0.3) is 0 Å². The standard InChI is InChI=1S/C9H13ISi/c1-11(2,3)9-7-5-4-6-8(9)10/h4-7H,1-3H3. The highest BCUT2D eigenvalue weighted by atomic mass is 127. The minimum Gasteiger partial charge on any atom is -0.0656 e. The Balaban J connectivity index is 3.14. The van der Waals surface area contributed by atoms with Gasteiger partial charge in [-0.25, -0.2) is 0 Å². The van der Waals surface area contributed by atoms with Crippen LogP contribution in [0.2, 0.25) is 19.6 Å². The normalized spacial score (nSPS) is 11.6. The highest BCUT2D eigenvalue weighted by molar-refractivity contribution is 14.1. The first-order valence-electron chi connectivity index (χ1n) is 3.77. The molecule has 0 atom stereocenters. The topological polar surface area (TPSA) is 0 Å². The molecule has 0 saturated carbocycles. The first-order chi connectivity index (χ1) is 5.02. The summed E-state index contributed by atoms with van der Waals surface area (Å²) in [6, 6.07) is 8.68. The van der Waals surface area contributed by atoms with E-state index in [4.69, 9.17) is 0 Å². The molecule has 0 unspecified atom stereocenters. The van der Waals surface area contributed by atoms with E-state index in [1.165, 1.54) is 3.57 Å². The SMILES string of the molecule is C[Si](C)(C)c1ccccc1I. The molecule has 1 rings (SSSR count). The fraction of sp³-hybridized carbons (Fsp3) is 0.333. The van der Waals surface area contributed by atoms with Crippen LogP contribution in [0.1, 0.15) is 0 Å². The predicted molar refractivity (Wildman–Crippen MR) is 62.1 cm³/mol. The third-order valence-corrected chi connectivity index (χ3v) is 5.18. The third kappa shape index (κ3) is 2.30. The summed E-state index contributed by atoms with van der Waals surface area (Å²) in [5, 5.41) is 1.57. The number of hydrogen-bond acceptors (Lipinski definition) is 0. The van der Waals surface area contributed by atoms with Crippen molar-refractivity contribution < 1.29 is 0 Å². The molecular weight excluding hydrogens is 263 g/mol. The summed E-state index contributed by atoms with van der Waals surface area (Å²) in [6.45, 7) is 7.14. The molecular formula is C9H13ISi. The summed E-state index contributed by atoms with van der Waals surface area (Å²) in [5.41, 5.74) is 0. The molecule has 0 aliphatic carbocycles. The lowest BCUT2D eigenvalue weighted by atomic mass is 10.4. The molecule has 0 heterocycles. The van der Waals surface area contributed by atoms with Crippen LogP contribution >= 0.6 is 22.6 Å². The van der Waals surface area contributed by atoms with E-state index in [-0.39, 0.29) is 0 Å². The second kappa shape index (κ2) is 3.27. The maximum Gasteiger partial charge on any atom is 0.0789 e. The van der Waals surface area contributed by atoms with Crippen LogP contribution in [0.4, 0.5) is 0 Å². The Morgan fingerprint density at radius 1 is 1.09 bits per heavy atom. The van der Waals surface area contributed by atoms with Crippen LogP contribution in [0.15, 0.2) is 24.3 Å². The summed E-state index contributed by atoms with van der Waals surface area (Å²) in [7, 11) is -1.09. The molecule has 0 nitrogen and oxygen atoms in total. The van der Waals surface area contributed by atoms with Crippen LogP contribution in [-0.4, -0.2) is 8.07 Å². The Morgan fingerprint density at radius 3 is 2.00 bits per heavy atom. The van der Waals surface area contributed by atoms with E-state index in [9.17, 15) is 0 Å². The first-order valence-corrected chi connectivity index (χ1v) is 8.35. The van der Waals surface area contributed by atoms with E-state index in [2.05, 4.69) is 66.5 Å². The van der Waals surface area contributed by atoms with Gasteiger partial charge in [-0.05, 0) is 33.8 Å². The summed E-state index contributed by atoms with van der Waals surface area (Å²) < 4.78 is 1.42. The maximum absolute atomic E-state index is 2.42. The zero-order valence-corrected chi connectivity index (χ0v) is 10.3. The monoisotopic (exact) mass is 276 g/mol.